The first-order valence-corrected chi connectivity index (χ1v) is 61.4. The lowest BCUT2D eigenvalue weighted by Crippen LogP contribution is -2.50. The molecule has 27 aromatic rings. The largest absolute Gasteiger partial charge is 0.308 e. The predicted octanol–water partition coefficient (Wildman–Crippen LogP) is 30.9. The standard InChI is InChI=1S/C48H34N4Si.C45H35N3Si.C42H29N3SSi/c1-53(2)42-28-16-12-24-38(42)44-47(53)43(49-48(50-44)31-17-5-3-6-18-31)37-23-11-15-27-41(37)52-40-26-14-10-22-34(40)36-30-29-35-33-21-9-13-25-39(33)51(45(35)46(36)52)32-19-7-4-8-20-32;1-45(2)35-22-12-8-18-29(35)31-26-27-32-30-19-9-13-23-36(30)48(42(32)39(31)45)37-24-14-10-20-33(37)40-43-41(34-21-11-15-25-38(34)49(43,3)4)47-44(46-40)28-16-6-5-7-17-28;1-47(2)36-23-13-9-19-32(36)38-41(47)37(43-42(44-38)26-14-4-3-5-15-26)31-18-7-11-21-34(31)45-33-20-10-6-16-27(33)29-24-25-30-28-17-8-12-22-35(28)46-40(30)39(29)45/h3-30H,1-2H3;5-27H,1-4H3;3-25H,1-2H3. The summed E-state index contributed by atoms with van der Waals surface area (Å²) in [7, 11) is -6.52. The first-order chi connectivity index (χ1) is 73.0. The summed E-state index contributed by atoms with van der Waals surface area (Å²) in [6.45, 7) is 19.5. The zero-order chi connectivity index (χ0) is 99.6. The Kier molecular flexibility index (Phi) is 19.8. The summed E-state index contributed by atoms with van der Waals surface area (Å²) in [5.74, 6) is 2.29. The van der Waals surface area contributed by atoms with Crippen molar-refractivity contribution in [2.45, 2.75) is 58.5 Å². The number of benzene rings is 19. The van der Waals surface area contributed by atoms with Gasteiger partial charge in [-0.3, -0.25) is 0 Å². The molecular formula is C135H98N10SSi3. The lowest BCUT2D eigenvalue weighted by atomic mass is 9.81. The van der Waals surface area contributed by atoms with Crippen LogP contribution in [0, 0.1) is 0 Å². The van der Waals surface area contributed by atoms with Crippen LogP contribution in [-0.4, -0.2) is 72.4 Å². The number of thiophene rings is 1. The van der Waals surface area contributed by atoms with E-state index in [2.05, 4.69) is 520 Å². The molecule has 31 rings (SSSR count). The molecule has 0 N–H and O–H groups in total. The summed E-state index contributed by atoms with van der Waals surface area (Å²) in [5.41, 5.74) is 36.1. The van der Waals surface area contributed by atoms with Crippen molar-refractivity contribution < 1.29 is 0 Å². The Hall–Kier alpha value is -17.5. The Balaban J connectivity index is 0.000000105. The normalized spacial score (nSPS) is 13.9. The molecule has 14 heteroatoms. The molecule has 3 aliphatic heterocycles. The average molecular weight is 1980 g/mol. The maximum atomic E-state index is 5.56. The van der Waals surface area contributed by atoms with Crippen LogP contribution in [0.1, 0.15) is 25.0 Å². The summed E-state index contributed by atoms with van der Waals surface area (Å²) < 4.78 is 12.6. The fourth-order valence-corrected chi connectivity index (χ4v) is 36.7. The monoisotopic (exact) mass is 1970 g/mol. The second-order valence-corrected chi connectivity index (χ2v) is 56.0. The van der Waals surface area contributed by atoms with Gasteiger partial charge < -0.3 is 18.3 Å². The van der Waals surface area contributed by atoms with Crippen LogP contribution in [0.5, 0.6) is 0 Å². The van der Waals surface area contributed by atoms with Gasteiger partial charge in [0.05, 0.1) is 100 Å². The quantitative estimate of drug-likeness (QED) is 0.127. The number of hydrogen-bond acceptors (Lipinski definition) is 7. The van der Waals surface area contributed by atoms with E-state index in [0.29, 0.717) is 0 Å². The van der Waals surface area contributed by atoms with E-state index < -0.39 is 24.2 Å². The average Bonchev–Trinajstić information content (AvgIpc) is 1.53. The van der Waals surface area contributed by atoms with Gasteiger partial charge in [0.15, 0.2) is 17.5 Å². The Morgan fingerprint density at radius 3 is 0.913 bits per heavy atom. The Labute approximate surface area is 869 Å². The van der Waals surface area contributed by atoms with Gasteiger partial charge in [0.2, 0.25) is 0 Å². The highest BCUT2D eigenvalue weighted by molar-refractivity contribution is 7.26. The molecule has 149 heavy (non-hydrogen) atoms. The van der Waals surface area contributed by atoms with E-state index in [1.165, 1.54) is 177 Å². The van der Waals surface area contributed by atoms with Crippen LogP contribution < -0.4 is 31.1 Å². The van der Waals surface area contributed by atoms with Crippen molar-refractivity contribution in [2.24, 2.45) is 0 Å². The lowest BCUT2D eigenvalue weighted by Gasteiger charge is -2.25. The fraction of sp³-hybridized carbons (Fsp3) is 0.0667. The maximum absolute atomic E-state index is 5.56. The zero-order valence-corrected chi connectivity index (χ0v) is 87.4. The predicted molar refractivity (Wildman–Crippen MR) is 633 cm³/mol. The summed E-state index contributed by atoms with van der Waals surface area (Å²) in [6.07, 6.45) is 0. The molecule has 0 amide bonds. The van der Waals surface area contributed by atoms with Crippen LogP contribution in [0.15, 0.2) is 449 Å². The van der Waals surface area contributed by atoms with Gasteiger partial charge in [0.25, 0.3) is 0 Å². The molecular weight excluding hydrogens is 1880 g/mol. The van der Waals surface area contributed by atoms with E-state index in [-0.39, 0.29) is 5.41 Å². The zero-order valence-electron chi connectivity index (χ0n) is 83.6. The van der Waals surface area contributed by atoms with E-state index >= 15 is 0 Å². The van der Waals surface area contributed by atoms with Gasteiger partial charge >= 0.3 is 0 Å². The first kappa shape index (κ1) is 88.0. The minimum atomic E-state index is -2.21. The molecule has 0 bridgehead atoms. The van der Waals surface area contributed by atoms with E-state index in [1.54, 1.807) is 0 Å². The van der Waals surface area contributed by atoms with E-state index in [4.69, 9.17) is 29.9 Å². The lowest BCUT2D eigenvalue weighted by molar-refractivity contribution is 0.664. The molecule has 0 saturated heterocycles. The van der Waals surface area contributed by atoms with Crippen LogP contribution in [0.3, 0.4) is 0 Å². The van der Waals surface area contributed by atoms with Crippen molar-refractivity contribution in [3.05, 3.63) is 460 Å². The number of fused-ring (bicyclic) bond motifs is 30. The number of hydrogen-bond donors (Lipinski definition) is 0. The van der Waals surface area contributed by atoms with Crippen molar-refractivity contribution in [1.82, 2.24) is 48.2 Å². The molecule has 0 saturated carbocycles. The molecule has 0 radical (unpaired) electrons. The van der Waals surface area contributed by atoms with E-state index in [1.807, 2.05) is 11.3 Å². The Morgan fingerprint density at radius 1 is 0.215 bits per heavy atom. The van der Waals surface area contributed by atoms with Crippen molar-refractivity contribution in [1.29, 1.82) is 0 Å². The summed E-state index contributed by atoms with van der Waals surface area (Å²) >= 11 is 1.89. The van der Waals surface area contributed by atoms with E-state index in [9.17, 15) is 0 Å². The van der Waals surface area contributed by atoms with Gasteiger partial charge in [-0.05, 0) is 131 Å². The number of aromatic nitrogens is 10. The SMILES string of the molecule is CC1(C)c2ccccc2-c2ccc3c4ccccc4n(-c4ccccc4-c4nc(-c5ccccc5)nc5c4[Si](C)(C)c4ccccc4-5)c3c21.C[Si]1(C)c2ccccc2-c2nc(-c3ccccc3)nc(-c3ccccc3-n3c4ccccc4c4ccc5c6ccccc6n(-c6ccccc6)c5c43)c21.C[Si]1(C)c2ccccc2-c2nc(-c3ccccc3)nc(-c3ccccc3-n3c4ccccc4c4ccc5c6ccccc6sc5c43)c21. The minimum absolute atomic E-state index is 0.167. The highest BCUT2D eigenvalue weighted by atomic mass is 32.1. The molecule has 4 aliphatic rings. The molecule has 10 nitrogen and oxygen atoms in total. The first-order valence-electron chi connectivity index (χ1n) is 51.6. The minimum Gasteiger partial charge on any atom is -0.308 e. The molecule has 706 valence electrons. The van der Waals surface area contributed by atoms with Crippen LogP contribution in [0.2, 0.25) is 39.3 Å². The summed E-state index contributed by atoms with van der Waals surface area (Å²) in [4.78, 5) is 32.6. The number of nitrogens with zero attached hydrogens (tertiary/aromatic N) is 10. The van der Waals surface area contributed by atoms with Gasteiger partial charge in [0.1, 0.15) is 24.2 Å². The smallest absolute Gasteiger partial charge is 0.160 e. The second kappa shape index (κ2) is 33.5. The summed E-state index contributed by atoms with van der Waals surface area (Å²) in [5, 5.41) is 20.8. The van der Waals surface area contributed by atoms with Gasteiger partial charge in [-0.25, -0.2) is 29.9 Å². The van der Waals surface area contributed by atoms with Gasteiger partial charge in [-0.1, -0.05) is 441 Å². The summed E-state index contributed by atoms with van der Waals surface area (Å²) in [6, 6.07) is 162. The van der Waals surface area contributed by atoms with Gasteiger partial charge in [0, 0.05) is 103 Å². The molecule has 0 unspecified atom stereocenters. The van der Waals surface area contributed by atoms with Crippen molar-refractivity contribution in [3.63, 3.8) is 0 Å². The van der Waals surface area contributed by atoms with Crippen LogP contribution in [-0.2, 0) is 5.41 Å². The van der Waals surface area contributed by atoms with E-state index in [0.717, 1.165) is 108 Å². The van der Waals surface area contributed by atoms with Crippen molar-refractivity contribution >= 4 is 174 Å². The molecule has 0 fully saturated rings. The van der Waals surface area contributed by atoms with Gasteiger partial charge in [-0.15, -0.1) is 11.3 Å². The Bertz CT molecular complexity index is 10300. The third-order valence-electron chi connectivity index (χ3n) is 32.5. The van der Waals surface area contributed by atoms with Gasteiger partial charge in [-0.2, -0.15) is 0 Å². The molecule has 0 spiro atoms. The van der Waals surface area contributed by atoms with Crippen LogP contribution >= 0.6 is 11.3 Å². The molecule has 19 aromatic carbocycles. The Morgan fingerprint density at radius 2 is 0.497 bits per heavy atom. The molecule has 0 atom stereocenters. The second-order valence-electron chi connectivity index (χ2n) is 42.1. The third-order valence-corrected chi connectivity index (χ3v) is 44.2. The third kappa shape index (κ3) is 13.1. The van der Waals surface area contributed by atoms with Crippen molar-refractivity contribution in [2.75, 3.05) is 0 Å². The molecule has 8 aromatic heterocycles. The van der Waals surface area contributed by atoms with Crippen LogP contribution in [0.4, 0.5) is 0 Å². The maximum Gasteiger partial charge on any atom is 0.160 e. The highest BCUT2D eigenvalue weighted by Gasteiger charge is 2.47. The fourth-order valence-electron chi connectivity index (χ4n) is 25.8. The highest BCUT2D eigenvalue weighted by Crippen LogP contribution is 2.55. The van der Waals surface area contributed by atoms with Crippen LogP contribution in [0.25, 0.3) is 243 Å². The number of para-hydroxylation sites is 8. The topological polar surface area (TPSA) is 97.1 Å². The number of rotatable bonds is 10. The molecule has 1 aliphatic carbocycles. The molecule has 11 heterocycles. The van der Waals surface area contributed by atoms with Crippen molar-refractivity contribution in [3.8, 4) is 136 Å².